The van der Waals surface area contributed by atoms with Crippen LogP contribution in [0.1, 0.15) is 25.2 Å². The highest BCUT2D eigenvalue weighted by atomic mass is 32.2. The van der Waals surface area contributed by atoms with Gasteiger partial charge in [-0.1, -0.05) is 24.2 Å². The third-order valence-electron chi connectivity index (χ3n) is 3.36. The number of hydrogen-bond donors (Lipinski definition) is 2. The van der Waals surface area contributed by atoms with Gasteiger partial charge in [0, 0.05) is 11.8 Å². The van der Waals surface area contributed by atoms with Crippen LogP contribution >= 0.6 is 11.8 Å². The first-order valence-corrected chi connectivity index (χ1v) is 8.77. The first-order valence-electron chi connectivity index (χ1n) is 7.72. The predicted molar refractivity (Wildman–Crippen MR) is 96.2 cm³/mol. The van der Waals surface area contributed by atoms with Crippen LogP contribution in [0, 0.1) is 6.92 Å². The third-order valence-corrected chi connectivity index (χ3v) is 4.50. The SMILES string of the molecule is CCc1ccc(NC(=O)CS[C@@H](C)C(=O)Nc2cc(C)on2)cc1. The molecule has 0 bridgehead atoms. The van der Waals surface area contributed by atoms with Crippen molar-refractivity contribution in [3.63, 3.8) is 0 Å². The highest BCUT2D eigenvalue weighted by Crippen LogP contribution is 2.15. The number of nitrogens with one attached hydrogen (secondary N) is 2. The second-order valence-corrected chi connectivity index (χ2v) is 6.69. The van der Waals surface area contributed by atoms with Gasteiger partial charge in [0.15, 0.2) is 5.82 Å². The number of carbonyl (C=O) groups excluding carboxylic acids is 2. The summed E-state index contributed by atoms with van der Waals surface area (Å²) in [5.41, 5.74) is 1.98. The number of amides is 2. The second-order valence-electron chi connectivity index (χ2n) is 5.36. The van der Waals surface area contributed by atoms with Gasteiger partial charge in [0.1, 0.15) is 5.76 Å². The maximum Gasteiger partial charge on any atom is 0.238 e. The van der Waals surface area contributed by atoms with Crippen molar-refractivity contribution < 1.29 is 14.1 Å². The summed E-state index contributed by atoms with van der Waals surface area (Å²) in [5, 5.41) is 8.80. The molecular weight excluding hydrogens is 326 g/mol. The zero-order valence-electron chi connectivity index (χ0n) is 14.0. The Bertz CT molecular complexity index is 697. The van der Waals surface area contributed by atoms with Gasteiger partial charge >= 0.3 is 0 Å². The number of nitrogens with zero attached hydrogens (tertiary/aromatic N) is 1. The minimum absolute atomic E-state index is 0.138. The van der Waals surface area contributed by atoms with E-state index in [1.54, 1.807) is 19.9 Å². The molecule has 24 heavy (non-hydrogen) atoms. The minimum atomic E-state index is -0.379. The lowest BCUT2D eigenvalue weighted by Gasteiger charge is -2.10. The Kier molecular flexibility index (Phi) is 6.43. The Balaban J connectivity index is 1.76. The number of benzene rings is 1. The van der Waals surface area contributed by atoms with Crippen molar-refractivity contribution in [3.05, 3.63) is 41.7 Å². The van der Waals surface area contributed by atoms with Crippen LogP contribution in [0.25, 0.3) is 0 Å². The molecule has 2 rings (SSSR count). The number of aryl methyl sites for hydroxylation is 2. The quantitative estimate of drug-likeness (QED) is 0.803. The van der Waals surface area contributed by atoms with Crippen molar-refractivity contribution in [3.8, 4) is 0 Å². The molecule has 2 aromatic rings. The van der Waals surface area contributed by atoms with Gasteiger partial charge in [0.2, 0.25) is 11.8 Å². The molecule has 0 fully saturated rings. The fourth-order valence-electron chi connectivity index (χ4n) is 1.95. The lowest BCUT2D eigenvalue weighted by molar-refractivity contribution is -0.115. The Morgan fingerprint density at radius 2 is 1.96 bits per heavy atom. The molecule has 1 aromatic carbocycles. The van der Waals surface area contributed by atoms with Crippen LogP contribution in [0.2, 0.25) is 0 Å². The topological polar surface area (TPSA) is 84.2 Å². The molecule has 0 aliphatic carbocycles. The molecule has 1 aromatic heterocycles. The molecule has 1 heterocycles. The lowest BCUT2D eigenvalue weighted by atomic mass is 10.1. The third kappa shape index (κ3) is 5.42. The van der Waals surface area contributed by atoms with Gasteiger partial charge in [-0.05, 0) is 38.0 Å². The van der Waals surface area contributed by atoms with Crippen LogP contribution in [0.5, 0.6) is 0 Å². The Morgan fingerprint density at radius 3 is 2.54 bits per heavy atom. The number of thioether (sulfide) groups is 1. The zero-order chi connectivity index (χ0) is 17.5. The monoisotopic (exact) mass is 347 g/mol. The smallest absolute Gasteiger partial charge is 0.238 e. The normalized spacial score (nSPS) is 11.8. The summed E-state index contributed by atoms with van der Waals surface area (Å²) in [5.74, 6) is 0.848. The van der Waals surface area contributed by atoms with E-state index < -0.39 is 0 Å². The van der Waals surface area contributed by atoms with Crippen LogP contribution in [0.3, 0.4) is 0 Å². The van der Waals surface area contributed by atoms with Gasteiger partial charge in [0.05, 0.1) is 11.0 Å². The van der Waals surface area contributed by atoms with Crippen molar-refractivity contribution >= 4 is 35.1 Å². The van der Waals surface area contributed by atoms with Crippen LogP contribution in [-0.4, -0.2) is 28.0 Å². The van der Waals surface area contributed by atoms with Crippen molar-refractivity contribution in [2.45, 2.75) is 32.4 Å². The summed E-state index contributed by atoms with van der Waals surface area (Å²) in [4.78, 5) is 24.0. The van der Waals surface area contributed by atoms with E-state index in [2.05, 4.69) is 22.7 Å². The maximum absolute atomic E-state index is 12.0. The summed E-state index contributed by atoms with van der Waals surface area (Å²) in [7, 11) is 0. The molecule has 2 N–H and O–H groups in total. The maximum atomic E-state index is 12.0. The minimum Gasteiger partial charge on any atom is -0.360 e. The Hall–Kier alpha value is -2.28. The van der Waals surface area contributed by atoms with E-state index in [1.807, 2.05) is 24.3 Å². The predicted octanol–water partition coefficient (Wildman–Crippen LogP) is 3.24. The van der Waals surface area contributed by atoms with Crippen molar-refractivity contribution in [1.29, 1.82) is 0 Å². The summed E-state index contributed by atoms with van der Waals surface area (Å²) in [6, 6.07) is 9.37. The van der Waals surface area contributed by atoms with Crippen LogP contribution in [-0.2, 0) is 16.0 Å². The van der Waals surface area contributed by atoms with E-state index >= 15 is 0 Å². The molecule has 0 unspecified atom stereocenters. The van der Waals surface area contributed by atoms with Gasteiger partial charge in [-0.3, -0.25) is 9.59 Å². The van der Waals surface area contributed by atoms with Crippen LogP contribution < -0.4 is 10.6 Å². The molecule has 2 amide bonds. The molecule has 0 saturated carbocycles. The number of aromatic nitrogens is 1. The molecule has 0 aliphatic heterocycles. The van der Waals surface area contributed by atoms with E-state index in [1.165, 1.54) is 17.3 Å². The zero-order valence-corrected chi connectivity index (χ0v) is 14.8. The summed E-state index contributed by atoms with van der Waals surface area (Å²) >= 11 is 1.26. The van der Waals surface area contributed by atoms with E-state index in [-0.39, 0.29) is 22.8 Å². The fourth-order valence-corrected chi connectivity index (χ4v) is 2.63. The lowest BCUT2D eigenvalue weighted by Crippen LogP contribution is -2.25. The highest BCUT2D eigenvalue weighted by Gasteiger charge is 2.16. The van der Waals surface area contributed by atoms with E-state index in [0.29, 0.717) is 11.6 Å². The second kappa shape index (κ2) is 8.54. The molecule has 7 heteroatoms. The van der Waals surface area contributed by atoms with Gasteiger partial charge < -0.3 is 15.2 Å². The molecule has 0 spiro atoms. The molecule has 1 atom stereocenters. The average molecular weight is 347 g/mol. The summed E-state index contributed by atoms with van der Waals surface area (Å²) in [6.07, 6.45) is 0.960. The van der Waals surface area contributed by atoms with Gasteiger partial charge in [0.25, 0.3) is 0 Å². The fraction of sp³-hybridized carbons (Fsp3) is 0.353. The number of carbonyl (C=O) groups is 2. The molecule has 0 saturated heterocycles. The van der Waals surface area contributed by atoms with E-state index in [9.17, 15) is 9.59 Å². The van der Waals surface area contributed by atoms with Crippen LogP contribution in [0.15, 0.2) is 34.9 Å². The summed E-state index contributed by atoms with van der Waals surface area (Å²) in [6.45, 7) is 5.57. The van der Waals surface area contributed by atoms with Crippen molar-refractivity contribution in [1.82, 2.24) is 5.16 Å². The molecule has 128 valence electrons. The van der Waals surface area contributed by atoms with Gasteiger partial charge in [-0.2, -0.15) is 0 Å². The number of hydrogen-bond acceptors (Lipinski definition) is 5. The molecule has 6 nitrogen and oxygen atoms in total. The van der Waals surface area contributed by atoms with Crippen LogP contribution in [0.4, 0.5) is 11.5 Å². The van der Waals surface area contributed by atoms with Gasteiger partial charge in [-0.25, -0.2) is 0 Å². The molecule has 0 aliphatic rings. The van der Waals surface area contributed by atoms with Crippen molar-refractivity contribution in [2.24, 2.45) is 0 Å². The van der Waals surface area contributed by atoms with E-state index in [4.69, 9.17) is 4.52 Å². The average Bonchev–Trinajstić information content (AvgIpc) is 2.98. The standard InChI is InChI=1S/C17H21N3O3S/c1-4-13-5-7-14(8-6-13)18-16(21)10-24-12(3)17(22)19-15-9-11(2)23-20-15/h5-9,12H,4,10H2,1-3H3,(H,18,21)(H,19,20,22)/t12-/m0/s1. The Morgan fingerprint density at radius 1 is 1.25 bits per heavy atom. The Labute approximate surface area is 145 Å². The number of rotatable bonds is 7. The first-order chi connectivity index (χ1) is 11.5. The summed E-state index contributed by atoms with van der Waals surface area (Å²) < 4.78 is 4.89. The molecule has 0 radical (unpaired) electrons. The van der Waals surface area contributed by atoms with Crippen molar-refractivity contribution in [2.75, 3.05) is 16.4 Å². The highest BCUT2D eigenvalue weighted by molar-refractivity contribution is 8.01. The first kappa shape index (κ1) is 18.1. The van der Waals surface area contributed by atoms with Gasteiger partial charge in [-0.15, -0.1) is 11.8 Å². The molecular formula is C17H21N3O3S. The number of anilines is 2. The largest absolute Gasteiger partial charge is 0.360 e. The van der Waals surface area contributed by atoms with E-state index in [0.717, 1.165) is 12.1 Å².